The second kappa shape index (κ2) is 6.44. The van der Waals surface area contributed by atoms with Gasteiger partial charge >= 0.3 is 0 Å². The largest absolute Gasteiger partial charge is 0.324 e. The van der Waals surface area contributed by atoms with E-state index in [4.69, 9.17) is 28.9 Å². The highest BCUT2D eigenvalue weighted by Crippen LogP contribution is 2.27. The summed E-state index contributed by atoms with van der Waals surface area (Å²) in [7, 11) is 0. The predicted octanol–water partition coefficient (Wildman–Crippen LogP) is 5.15. The van der Waals surface area contributed by atoms with Crippen molar-refractivity contribution >= 4 is 45.8 Å². The maximum Gasteiger partial charge on any atom is 0.0441 e. The molecule has 1 atom stereocenters. The van der Waals surface area contributed by atoms with E-state index in [0.717, 1.165) is 25.3 Å². The van der Waals surface area contributed by atoms with Crippen LogP contribution in [-0.2, 0) is 6.42 Å². The van der Waals surface area contributed by atoms with Crippen LogP contribution in [0.5, 0.6) is 0 Å². The van der Waals surface area contributed by atoms with E-state index in [1.807, 2.05) is 37.3 Å². The molecule has 0 heterocycles. The summed E-state index contributed by atoms with van der Waals surface area (Å²) in [6, 6.07) is 11.7. The maximum atomic E-state index is 6.28. The van der Waals surface area contributed by atoms with Crippen LogP contribution < -0.4 is 5.73 Å². The number of hydrogen-bond donors (Lipinski definition) is 1. The molecule has 0 aliphatic carbocycles. The van der Waals surface area contributed by atoms with Crippen molar-refractivity contribution < 1.29 is 0 Å². The van der Waals surface area contributed by atoms with Gasteiger partial charge in [0.1, 0.15) is 0 Å². The summed E-state index contributed by atoms with van der Waals surface area (Å²) >= 11 is 14.6. The minimum atomic E-state index is -0.106. The molecule has 2 rings (SSSR count). The molecule has 4 heteroatoms. The summed E-state index contributed by atoms with van der Waals surface area (Å²) in [5, 5.41) is 1.48. The van der Waals surface area contributed by atoms with Crippen molar-refractivity contribution in [1.29, 1.82) is 0 Å². The van der Waals surface area contributed by atoms with Gasteiger partial charge in [-0.3, -0.25) is 0 Å². The Balaban J connectivity index is 2.25. The molecule has 0 saturated heterocycles. The van der Waals surface area contributed by atoms with E-state index in [1.165, 1.54) is 0 Å². The van der Waals surface area contributed by atoms with Gasteiger partial charge in [0.05, 0.1) is 0 Å². The number of halogens is 3. The van der Waals surface area contributed by atoms with E-state index in [2.05, 4.69) is 28.7 Å². The fourth-order valence-electron chi connectivity index (χ4n) is 1.96. The number of hydrogen-bond acceptors (Lipinski definition) is 1. The Labute approximate surface area is 137 Å². The van der Waals surface area contributed by atoms with E-state index >= 15 is 0 Å². The summed E-state index contributed by atoms with van der Waals surface area (Å²) in [5.41, 5.74) is 9.56. The van der Waals surface area contributed by atoms with Gasteiger partial charge in [-0.25, -0.2) is 0 Å². The van der Waals surface area contributed by atoms with Crippen LogP contribution in [0.4, 0.5) is 0 Å². The molecule has 0 aromatic heterocycles. The van der Waals surface area contributed by atoms with Crippen molar-refractivity contribution in [3.05, 3.63) is 66.7 Å². The van der Waals surface area contributed by atoms with Crippen LogP contribution in [0, 0.1) is 10.5 Å². The van der Waals surface area contributed by atoms with Gasteiger partial charge in [0, 0.05) is 19.7 Å². The first-order chi connectivity index (χ1) is 8.97. The Morgan fingerprint density at radius 2 is 1.89 bits per heavy atom. The molecule has 0 fully saturated rings. The normalized spacial score (nSPS) is 12.5. The first kappa shape index (κ1) is 15.1. The van der Waals surface area contributed by atoms with Crippen LogP contribution in [0.25, 0.3) is 0 Å². The van der Waals surface area contributed by atoms with Gasteiger partial charge < -0.3 is 5.73 Å². The number of benzene rings is 2. The molecule has 0 aliphatic heterocycles. The molecule has 1 nitrogen and oxygen atoms in total. The van der Waals surface area contributed by atoms with E-state index in [1.54, 1.807) is 0 Å². The highest BCUT2D eigenvalue weighted by molar-refractivity contribution is 14.1. The van der Waals surface area contributed by atoms with Gasteiger partial charge in [0.25, 0.3) is 0 Å². The molecule has 0 bridgehead atoms. The average molecular weight is 406 g/mol. The molecule has 0 saturated carbocycles. The lowest BCUT2D eigenvalue weighted by atomic mass is 9.99. The van der Waals surface area contributed by atoms with Gasteiger partial charge in [0.15, 0.2) is 0 Å². The zero-order valence-corrected chi connectivity index (χ0v) is 14.1. The molecule has 2 N–H and O–H groups in total. The lowest BCUT2D eigenvalue weighted by molar-refractivity contribution is 0.718. The third kappa shape index (κ3) is 3.85. The molecule has 0 spiro atoms. The van der Waals surface area contributed by atoms with Crippen molar-refractivity contribution in [2.75, 3.05) is 0 Å². The lowest BCUT2D eigenvalue weighted by Gasteiger charge is -2.15. The number of nitrogens with two attached hydrogens (primary N) is 1. The molecule has 2 aromatic carbocycles. The molecule has 0 amide bonds. The third-order valence-corrected chi connectivity index (χ3v) is 4.58. The van der Waals surface area contributed by atoms with Crippen molar-refractivity contribution in [1.82, 2.24) is 0 Å². The fraction of sp³-hybridized carbons (Fsp3) is 0.200. The van der Waals surface area contributed by atoms with Crippen molar-refractivity contribution in [2.24, 2.45) is 5.73 Å². The SMILES string of the molecule is Cc1ccc(CC(N)c2cc(Cl)ccc2I)c(Cl)c1. The highest BCUT2D eigenvalue weighted by atomic mass is 127. The van der Waals surface area contributed by atoms with Gasteiger partial charge in [0.2, 0.25) is 0 Å². The highest BCUT2D eigenvalue weighted by Gasteiger charge is 2.13. The molecule has 1 unspecified atom stereocenters. The quantitative estimate of drug-likeness (QED) is 0.702. The van der Waals surface area contributed by atoms with Gasteiger partial charge in [-0.1, -0.05) is 35.3 Å². The third-order valence-electron chi connectivity index (χ3n) is 3.01. The molecule has 0 radical (unpaired) electrons. The second-order valence-electron chi connectivity index (χ2n) is 4.57. The first-order valence-corrected chi connectivity index (χ1v) is 7.76. The summed E-state index contributed by atoms with van der Waals surface area (Å²) in [5.74, 6) is 0. The fourth-order valence-corrected chi connectivity index (χ4v) is 3.19. The first-order valence-electron chi connectivity index (χ1n) is 5.93. The van der Waals surface area contributed by atoms with Crippen LogP contribution in [0.15, 0.2) is 36.4 Å². The Morgan fingerprint density at radius 3 is 2.58 bits per heavy atom. The van der Waals surface area contributed by atoms with Gasteiger partial charge in [-0.15, -0.1) is 0 Å². The average Bonchev–Trinajstić information content (AvgIpc) is 2.35. The number of aryl methyl sites for hydroxylation is 1. The van der Waals surface area contributed by atoms with Gasteiger partial charge in [-0.2, -0.15) is 0 Å². The van der Waals surface area contributed by atoms with E-state index in [-0.39, 0.29) is 6.04 Å². The zero-order valence-electron chi connectivity index (χ0n) is 10.5. The van der Waals surface area contributed by atoms with Gasteiger partial charge in [-0.05, 0) is 76.9 Å². The monoisotopic (exact) mass is 405 g/mol. The van der Waals surface area contributed by atoms with Crippen LogP contribution in [0.2, 0.25) is 10.0 Å². The van der Waals surface area contributed by atoms with Crippen molar-refractivity contribution in [2.45, 2.75) is 19.4 Å². The summed E-state index contributed by atoms with van der Waals surface area (Å²) in [6.07, 6.45) is 0.704. The molecular formula is C15H14Cl2IN. The Kier molecular flexibility index (Phi) is 5.12. The van der Waals surface area contributed by atoms with E-state index < -0.39 is 0 Å². The smallest absolute Gasteiger partial charge is 0.0441 e. The predicted molar refractivity (Wildman–Crippen MR) is 91.0 cm³/mol. The van der Waals surface area contributed by atoms with Crippen LogP contribution in [0.1, 0.15) is 22.7 Å². The van der Waals surface area contributed by atoms with E-state index in [9.17, 15) is 0 Å². The van der Waals surface area contributed by atoms with E-state index in [0.29, 0.717) is 11.4 Å². The summed E-state index contributed by atoms with van der Waals surface area (Å²) in [4.78, 5) is 0. The summed E-state index contributed by atoms with van der Waals surface area (Å²) < 4.78 is 1.12. The summed E-state index contributed by atoms with van der Waals surface area (Å²) in [6.45, 7) is 2.02. The van der Waals surface area contributed by atoms with Crippen molar-refractivity contribution in [3.63, 3.8) is 0 Å². The number of rotatable bonds is 3. The topological polar surface area (TPSA) is 26.0 Å². The van der Waals surface area contributed by atoms with Crippen molar-refractivity contribution in [3.8, 4) is 0 Å². The molecule has 19 heavy (non-hydrogen) atoms. The zero-order chi connectivity index (χ0) is 14.0. The maximum absolute atomic E-state index is 6.28. The molecule has 0 aliphatic rings. The Hall–Kier alpha value is -0.290. The standard InChI is InChI=1S/C15H14Cl2IN/c1-9-2-3-10(13(17)6-9)7-15(19)12-8-11(16)4-5-14(12)18/h2-6,8,15H,7,19H2,1H3. The molecular weight excluding hydrogens is 392 g/mol. The molecule has 100 valence electrons. The lowest BCUT2D eigenvalue weighted by Crippen LogP contribution is -2.15. The van der Waals surface area contributed by atoms with Crippen LogP contribution >= 0.6 is 45.8 Å². The van der Waals surface area contributed by atoms with Crippen LogP contribution in [0.3, 0.4) is 0 Å². The molecule has 2 aromatic rings. The second-order valence-corrected chi connectivity index (χ2v) is 6.58. The van der Waals surface area contributed by atoms with Crippen LogP contribution in [-0.4, -0.2) is 0 Å². The Morgan fingerprint density at radius 1 is 1.16 bits per heavy atom. The minimum Gasteiger partial charge on any atom is -0.324 e. The minimum absolute atomic E-state index is 0.106. The Bertz CT molecular complexity index is 599.